The van der Waals surface area contributed by atoms with Gasteiger partial charge in [0, 0.05) is 11.1 Å². The predicted molar refractivity (Wildman–Crippen MR) is 137 cm³/mol. The van der Waals surface area contributed by atoms with Crippen LogP contribution in [0.2, 0.25) is 0 Å². The summed E-state index contributed by atoms with van der Waals surface area (Å²) < 4.78 is 11.7. The molecule has 0 atom stereocenters. The van der Waals surface area contributed by atoms with Crippen molar-refractivity contribution in [1.82, 2.24) is 0 Å². The first-order valence-corrected chi connectivity index (χ1v) is 11.6. The molecule has 1 aliphatic heterocycles. The normalized spacial score (nSPS) is 14.2. The zero-order valence-electron chi connectivity index (χ0n) is 19.1. The summed E-state index contributed by atoms with van der Waals surface area (Å²) in [6, 6.07) is 21.9. The third kappa shape index (κ3) is 5.13. The summed E-state index contributed by atoms with van der Waals surface area (Å²) in [6.07, 6.45) is 3.92. The number of methoxy groups -OCH3 is 1. The summed E-state index contributed by atoms with van der Waals surface area (Å²) in [5.41, 5.74) is 3.34. The molecule has 0 spiro atoms. The number of hydrogen-bond acceptors (Lipinski definition) is 6. The number of thioether (sulfide) groups is 1. The van der Waals surface area contributed by atoms with Gasteiger partial charge in [0.1, 0.15) is 6.61 Å². The van der Waals surface area contributed by atoms with Crippen LogP contribution in [0.15, 0.2) is 84.3 Å². The summed E-state index contributed by atoms with van der Waals surface area (Å²) >= 11 is 0.896. The van der Waals surface area contributed by atoms with Crippen molar-refractivity contribution in [2.24, 2.45) is 0 Å². The summed E-state index contributed by atoms with van der Waals surface area (Å²) in [5.74, 6) is 0.644. The molecule has 3 aromatic rings. The molecule has 4 rings (SSSR count). The second kappa shape index (κ2) is 10.8. The summed E-state index contributed by atoms with van der Waals surface area (Å²) in [5, 5.41) is 9.01. The van der Waals surface area contributed by atoms with Crippen molar-refractivity contribution < 1.29 is 19.1 Å². The fourth-order valence-corrected chi connectivity index (χ4v) is 4.55. The van der Waals surface area contributed by atoms with Crippen molar-refractivity contribution in [3.8, 4) is 17.6 Å². The number of hydrogen-bond donors (Lipinski definition) is 0. The van der Waals surface area contributed by atoms with Crippen molar-refractivity contribution in [2.45, 2.75) is 13.0 Å². The first-order valence-electron chi connectivity index (χ1n) is 10.8. The Bertz CT molecular complexity index is 1360. The Morgan fingerprint density at radius 1 is 1.06 bits per heavy atom. The van der Waals surface area contributed by atoms with Gasteiger partial charge in [-0.1, -0.05) is 42.5 Å². The Morgan fingerprint density at radius 2 is 1.80 bits per heavy atom. The molecule has 0 unspecified atom stereocenters. The highest BCUT2D eigenvalue weighted by Crippen LogP contribution is 2.39. The second-order valence-corrected chi connectivity index (χ2v) is 8.61. The van der Waals surface area contributed by atoms with E-state index in [4.69, 9.17) is 9.47 Å². The Morgan fingerprint density at radius 3 is 2.51 bits per heavy atom. The van der Waals surface area contributed by atoms with E-state index in [0.717, 1.165) is 22.9 Å². The lowest BCUT2D eigenvalue weighted by molar-refractivity contribution is -0.113. The lowest BCUT2D eigenvalue weighted by atomic mass is 10.0. The van der Waals surface area contributed by atoms with Crippen molar-refractivity contribution in [1.29, 1.82) is 5.26 Å². The average molecular weight is 483 g/mol. The van der Waals surface area contributed by atoms with E-state index in [9.17, 15) is 14.9 Å². The van der Waals surface area contributed by atoms with Crippen LogP contribution in [0.25, 0.3) is 6.08 Å². The summed E-state index contributed by atoms with van der Waals surface area (Å²) in [4.78, 5) is 27.0. The van der Waals surface area contributed by atoms with Crippen LogP contribution in [0, 0.1) is 11.3 Å². The van der Waals surface area contributed by atoms with E-state index in [-0.39, 0.29) is 17.8 Å². The average Bonchev–Trinajstić information content (AvgIpc) is 3.16. The number of ether oxygens (including phenoxy) is 2. The first kappa shape index (κ1) is 23.9. The monoisotopic (exact) mass is 482 g/mol. The smallest absolute Gasteiger partial charge is 0.298 e. The van der Waals surface area contributed by atoms with Gasteiger partial charge in [-0.15, -0.1) is 6.58 Å². The minimum atomic E-state index is -0.371. The molecule has 6 nitrogen and oxygen atoms in total. The minimum Gasteiger partial charge on any atom is -0.493 e. The second-order valence-electron chi connectivity index (χ2n) is 7.61. The molecular formula is C28H22N2O4S. The van der Waals surface area contributed by atoms with Crippen LogP contribution >= 0.6 is 11.8 Å². The molecule has 1 heterocycles. The highest BCUT2D eigenvalue weighted by Gasteiger charge is 2.36. The zero-order chi connectivity index (χ0) is 24.8. The maximum absolute atomic E-state index is 13.0. The van der Waals surface area contributed by atoms with E-state index in [1.54, 1.807) is 54.6 Å². The lowest BCUT2D eigenvalue weighted by Crippen LogP contribution is -2.27. The van der Waals surface area contributed by atoms with Crippen molar-refractivity contribution in [3.63, 3.8) is 0 Å². The van der Waals surface area contributed by atoms with Gasteiger partial charge in [-0.05, 0) is 60.2 Å². The highest BCUT2D eigenvalue weighted by molar-refractivity contribution is 8.19. The van der Waals surface area contributed by atoms with Crippen LogP contribution in [0.4, 0.5) is 10.5 Å². The molecule has 35 heavy (non-hydrogen) atoms. The van der Waals surface area contributed by atoms with Gasteiger partial charge in [0.15, 0.2) is 11.5 Å². The largest absolute Gasteiger partial charge is 0.493 e. The fourth-order valence-electron chi connectivity index (χ4n) is 3.71. The van der Waals surface area contributed by atoms with Crippen LogP contribution in [0.3, 0.4) is 0 Å². The third-order valence-corrected chi connectivity index (χ3v) is 6.22. The predicted octanol–water partition coefficient (Wildman–Crippen LogP) is 6.12. The topological polar surface area (TPSA) is 79.6 Å². The molecule has 1 fully saturated rings. The van der Waals surface area contributed by atoms with Gasteiger partial charge in [-0.3, -0.25) is 9.59 Å². The fraction of sp³-hybridized carbons (Fsp3) is 0.107. The quantitative estimate of drug-likeness (QED) is 0.284. The van der Waals surface area contributed by atoms with Gasteiger partial charge in [-0.2, -0.15) is 5.26 Å². The summed E-state index contributed by atoms with van der Waals surface area (Å²) in [7, 11) is 1.54. The molecule has 0 bridgehead atoms. The van der Waals surface area contributed by atoms with Crippen molar-refractivity contribution >= 4 is 34.7 Å². The van der Waals surface area contributed by atoms with Gasteiger partial charge in [0.05, 0.1) is 29.3 Å². The van der Waals surface area contributed by atoms with Gasteiger partial charge in [-0.25, -0.2) is 4.90 Å². The molecule has 0 aliphatic carbocycles. The van der Waals surface area contributed by atoms with Crippen LogP contribution < -0.4 is 14.4 Å². The number of anilines is 1. The molecular weight excluding hydrogens is 460 g/mol. The molecule has 1 saturated heterocycles. The molecule has 0 saturated carbocycles. The highest BCUT2D eigenvalue weighted by atomic mass is 32.2. The number of allylic oxidation sites excluding steroid dienone is 1. The summed E-state index contributed by atoms with van der Waals surface area (Å²) in [6.45, 7) is 4.03. The van der Waals surface area contributed by atoms with Crippen molar-refractivity contribution in [3.05, 3.63) is 107 Å². The molecule has 7 heteroatoms. The van der Waals surface area contributed by atoms with E-state index < -0.39 is 0 Å². The van der Waals surface area contributed by atoms with Crippen LogP contribution in [0.1, 0.15) is 22.3 Å². The maximum Gasteiger partial charge on any atom is 0.298 e. The Hall–Kier alpha value is -4.28. The first-order chi connectivity index (χ1) is 17.0. The number of amides is 2. The number of nitrogens with zero attached hydrogens (tertiary/aromatic N) is 2. The van der Waals surface area contributed by atoms with Gasteiger partial charge < -0.3 is 9.47 Å². The van der Waals surface area contributed by atoms with Crippen LogP contribution in [-0.2, 0) is 17.8 Å². The minimum absolute atomic E-state index is 0.194. The SMILES string of the molecule is C=CCc1cc(/C=C2\SC(=O)N(c3ccccc3)C2=O)cc(OC)c1OCc1ccccc1C#N. The Labute approximate surface area is 208 Å². The third-order valence-electron chi connectivity index (χ3n) is 5.35. The number of carbonyl (C=O) groups is 2. The van der Waals surface area contributed by atoms with Gasteiger partial charge in [0.25, 0.3) is 11.1 Å². The van der Waals surface area contributed by atoms with E-state index >= 15 is 0 Å². The maximum atomic E-state index is 13.0. The number of carbonyl (C=O) groups excluding carboxylic acids is 2. The zero-order valence-corrected chi connectivity index (χ0v) is 19.9. The molecule has 0 radical (unpaired) electrons. The molecule has 3 aromatic carbocycles. The van der Waals surface area contributed by atoms with Gasteiger partial charge in [0.2, 0.25) is 0 Å². The van der Waals surface area contributed by atoms with Gasteiger partial charge >= 0.3 is 0 Å². The number of rotatable bonds is 8. The standard InChI is InChI=1S/C28H22N2O4S/c1-3-9-20-14-19(16-25-27(31)30(28(32)35-25)23-12-5-4-6-13-23)15-24(33-2)26(20)34-18-22-11-8-7-10-21(22)17-29/h3-8,10-16H,1,9,18H2,2H3/b25-16-. The number of benzene rings is 3. The number of imide groups is 1. The molecule has 0 aromatic heterocycles. The van der Waals surface area contributed by atoms with Crippen molar-refractivity contribution in [2.75, 3.05) is 12.0 Å². The van der Waals surface area contributed by atoms with E-state index in [2.05, 4.69) is 12.6 Å². The molecule has 0 N–H and O–H groups in total. The number of para-hydroxylation sites is 1. The number of nitriles is 1. The van der Waals surface area contributed by atoms with E-state index in [0.29, 0.717) is 39.6 Å². The Kier molecular flexibility index (Phi) is 7.34. The van der Waals surface area contributed by atoms with Crippen LogP contribution in [-0.4, -0.2) is 18.3 Å². The molecule has 1 aliphatic rings. The Balaban J connectivity index is 1.66. The van der Waals surface area contributed by atoms with E-state index in [1.165, 1.54) is 12.0 Å². The molecule has 174 valence electrons. The molecule has 2 amide bonds. The van der Waals surface area contributed by atoms with E-state index in [1.807, 2.05) is 24.3 Å². The lowest BCUT2D eigenvalue weighted by Gasteiger charge is -2.16. The van der Waals surface area contributed by atoms with Crippen LogP contribution in [0.5, 0.6) is 11.5 Å².